The molecule has 10 nitrogen and oxygen atoms in total. The highest BCUT2D eigenvalue weighted by molar-refractivity contribution is 5.69. The number of carbonyl (C=O) groups excluding carboxylic acids is 4. The third-order valence-corrected chi connectivity index (χ3v) is 12.1. The van der Waals surface area contributed by atoms with Gasteiger partial charge in [-0.25, -0.2) is 0 Å². The van der Waals surface area contributed by atoms with E-state index in [1.165, 1.54) is 161 Å². The molecule has 0 amide bonds. The van der Waals surface area contributed by atoms with Crippen molar-refractivity contribution in [2.75, 3.05) is 60.6 Å². The molecule has 1 atom stereocenters. The van der Waals surface area contributed by atoms with Gasteiger partial charge in [0.15, 0.2) is 0 Å². The van der Waals surface area contributed by atoms with Crippen LogP contribution in [0.1, 0.15) is 252 Å². The molecule has 0 bridgehead atoms. The van der Waals surface area contributed by atoms with E-state index in [-0.39, 0.29) is 18.0 Å². The normalized spacial score (nSPS) is 13.6. The van der Waals surface area contributed by atoms with Gasteiger partial charge in [-0.15, -0.1) is 0 Å². The molecule has 1 aliphatic rings. The molecule has 1 unspecified atom stereocenters. The molecule has 0 spiro atoms. The lowest BCUT2D eigenvalue weighted by Gasteiger charge is -2.18. The summed E-state index contributed by atoms with van der Waals surface area (Å²) in [6.45, 7) is 12.7. The third-order valence-electron chi connectivity index (χ3n) is 12.1. The van der Waals surface area contributed by atoms with Gasteiger partial charge in [-0.3, -0.25) is 14.4 Å². The van der Waals surface area contributed by atoms with Crippen LogP contribution in [0.5, 0.6) is 0 Å². The Morgan fingerprint density at radius 1 is 0.594 bits per heavy atom. The lowest BCUT2D eigenvalue weighted by atomic mass is 10.0. The summed E-state index contributed by atoms with van der Waals surface area (Å²) in [7, 11) is 5.70. The van der Waals surface area contributed by atoms with Gasteiger partial charge in [-0.1, -0.05) is 168 Å². The summed E-state index contributed by atoms with van der Waals surface area (Å²) in [5.41, 5.74) is 0. The Kier molecular flexibility index (Phi) is 53.6. The molecule has 0 saturated carbocycles. The van der Waals surface area contributed by atoms with Crippen LogP contribution in [0.4, 0.5) is 0 Å². The van der Waals surface area contributed by atoms with Crippen molar-refractivity contribution in [1.82, 2.24) is 9.80 Å². The molecule has 1 aliphatic heterocycles. The van der Waals surface area contributed by atoms with Crippen molar-refractivity contribution in [3.05, 3.63) is 0 Å². The summed E-state index contributed by atoms with van der Waals surface area (Å²) in [6.07, 6.45) is 43.1. The standard InChI is InChI=1S/C26H50O4.C23H45NO3.C5H11NO/c1-3-5-7-9-12-16-20-25(21-17-13-10-8-6-4-2)30-26(28)22-18-14-11-15-19-23-29-24-27;1-3-4-5-6-7-8-9-12-15-20-27-23(25)16-13-10-11-14-18-24-19-17-22(21-24)26-2;1-6(2)4-3-5-7/h24-25H,3-23H2,1-2H3;22H,3-21H2,1-2H3;5H,3-4H2,1-2H3. The van der Waals surface area contributed by atoms with Crippen LogP contribution in [0, 0.1) is 0 Å². The van der Waals surface area contributed by atoms with Crippen molar-refractivity contribution in [2.24, 2.45) is 0 Å². The summed E-state index contributed by atoms with van der Waals surface area (Å²) in [5.74, 6) is -0.0155. The molecule has 0 aliphatic carbocycles. The van der Waals surface area contributed by atoms with E-state index in [1.54, 1.807) is 0 Å². The summed E-state index contributed by atoms with van der Waals surface area (Å²) < 4.78 is 21.3. The minimum absolute atomic E-state index is 0.00274. The van der Waals surface area contributed by atoms with E-state index in [9.17, 15) is 19.2 Å². The second-order valence-electron chi connectivity index (χ2n) is 18.6. The third kappa shape index (κ3) is 51.0. The second-order valence-corrected chi connectivity index (χ2v) is 18.6. The largest absolute Gasteiger partial charge is 0.468 e. The number of ether oxygens (including phenoxy) is 4. The topological polar surface area (TPSA) is 112 Å². The van der Waals surface area contributed by atoms with Gasteiger partial charge in [0, 0.05) is 46.0 Å². The fraction of sp³-hybridized carbons (Fsp3) is 0.926. The molecular weight excluding hydrogens is 805 g/mol. The maximum absolute atomic E-state index is 12.3. The van der Waals surface area contributed by atoms with Crippen LogP contribution in [0.3, 0.4) is 0 Å². The highest BCUT2D eigenvalue weighted by atomic mass is 16.5. The average Bonchev–Trinajstić information content (AvgIpc) is 3.76. The van der Waals surface area contributed by atoms with E-state index >= 15 is 0 Å². The van der Waals surface area contributed by atoms with Crippen molar-refractivity contribution in [3.8, 4) is 0 Å². The van der Waals surface area contributed by atoms with Gasteiger partial charge in [0.1, 0.15) is 12.4 Å². The predicted molar refractivity (Wildman–Crippen MR) is 268 cm³/mol. The number of esters is 2. The number of nitrogens with zero attached hydrogens (tertiary/aromatic N) is 2. The monoisotopic (exact) mass is 911 g/mol. The van der Waals surface area contributed by atoms with Crippen LogP contribution < -0.4 is 0 Å². The van der Waals surface area contributed by atoms with Gasteiger partial charge in [0.05, 0.1) is 19.3 Å². The Morgan fingerprint density at radius 2 is 1.05 bits per heavy atom. The van der Waals surface area contributed by atoms with E-state index in [0.29, 0.717) is 45.1 Å². The number of unbranched alkanes of at least 4 members (excludes halogenated alkanes) is 25. The van der Waals surface area contributed by atoms with Gasteiger partial charge in [-0.05, 0) is 84.8 Å². The lowest BCUT2D eigenvalue weighted by molar-refractivity contribution is -0.150. The fourth-order valence-electron chi connectivity index (χ4n) is 7.98. The van der Waals surface area contributed by atoms with E-state index in [1.807, 2.05) is 26.1 Å². The fourth-order valence-corrected chi connectivity index (χ4v) is 7.98. The van der Waals surface area contributed by atoms with Crippen LogP contribution >= 0.6 is 0 Å². The zero-order valence-corrected chi connectivity index (χ0v) is 43.2. The molecule has 64 heavy (non-hydrogen) atoms. The Balaban J connectivity index is 0. The van der Waals surface area contributed by atoms with Crippen molar-refractivity contribution < 1.29 is 38.1 Å². The lowest BCUT2D eigenvalue weighted by Crippen LogP contribution is -2.23. The Bertz CT molecular complexity index is 967. The summed E-state index contributed by atoms with van der Waals surface area (Å²) in [5, 5.41) is 0. The van der Waals surface area contributed by atoms with Crippen molar-refractivity contribution in [1.29, 1.82) is 0 Å². The molecule has 0 aromatic heterocycles. The van der Waals surface area contributed by atoms with Gasteiger partial charge < -0.3 is 33.5 Å². The van der Waals surface area contributed by atoms with Gasteiger partial charge >= 0.3 is 11.9 Å². The average molecular weight is 911 g/mol. The first kappa shape index (κ1) is 64.0. The van der Waals surface area contributed by atoms with Gasteiger partial charge in [0.25, 0.3) is 6.47 Å². The zero-order valence-electron chi connectivity index (χ0n) is 43.2. The van der Waals surface area contributed by atoms with Crippen LogP contribution in [0.15, 0.2) is 0 Å². The molecule has 0 aromatic rings. The molecule has 0 N–H and O–H groups in total. The highest BCUT2D eigenvalue weighted by Gasteiger charge is 2.21. The summed E-state index contributed by atoms with van der Waals surface area (Å²) in [4.78, 5) is 48.3. The number of aldehydes is 1. The maximum atomic E-state index is 12.3. The van der Waals surface area contributed by atoms with E-state index < -0.39 is 0 Å². The minimum atomic E-state index is -0.0127. The molecule has 10 heteroatoms. The number of likely N-dealkylation sites (tertiary alicyclic amines) is 1. The number of hydrogen-bond donors (Lipinski definition) is 0. The quantitative estimate of drug-likeness (QED) is 0.0253. The van der Waals surface area contributed by atoms with Crippen LogP contribution in [0.2, 0.25) is 0 Å². The number of rotatable bonds is 45. The molecule has 1 rings (SSSR count). The summed E-state index contributed by atoms with van der Waals surface area (Å²) in [6, 6.07) is 0. The predicted octanol–water partition coefficient (Wildman–Crippen LogP) is 13.8. The van der Waals surface area contributed by atoms with E-state index in [2.05, 4.69) is 30.4 Å². The SMILES string of the molecule is CCCCCCCCC(CCCCCCCC)OC(=O)CCCCCCCOC=O.CCCCCCCCCCCOC(=O)CCCCCCN1CCC(OC)C1.CN(C)CCC=O. The van der Waals surface area contributed by atoms with Crippen LogP contribution in [-0.2, 0) is 38.1 Å². The van der Waals surface area contributed by atoms with Gasteiger partial charge in [-0.2, -0.15) is 0 Å². The molecule has 380 valence electrons. The molecular formula is C54H106N2O8. The highest BCUT2D eigenvalue weighted by Crippen LogP contribution is 2.19. The smallest absolute Gasteiger partial charge is 0.306 e. The van der Waals surface area contributed by atoms with Gasteiger partial charge in [0.2, 0.25) is 0 Å². The van der Waals surface area contributed by atoms with E-state index in [4.69, 9.17) is 14.2 Å². The molecule has 1 saturated heterocycles. The van der Waals surface area contributed by atoms with Crippen LogP contribution in [0.25, 0.3) is 0 Å². The Hall–Kier alpha value is -2.04. The first-order chi connectivity index (χ1) is 31.3. The maximum Gasteiger partial charge on any atom is 0.306 e. The number of carbonyl (C=O) groups is 4. The second kappa shape index (κ2) is 53.6. The summed E-state index contributed by atoms with van der Waals surface area (Å²) >= 11 is 0. The van der Waals surface area contributed by atoms with Crippen molar-refractivity contribution in [3.63, 3.8) is 0 Å². The van der Waals surface area contributed by atoms with E-state index in [0.717, 1.165) is 83.6 Å². The molecule has 0 aromatic carbocycles. The Morgan fingerprint density at radius 3 is 1.50 bits per heavy atom. The molecule has 1 heterocycles. The number of hydrogen-bond acceptors (Lipinski definition) is 10. The van der Waals surface area contributed by atoms with Crippen LogP contribution in [-0.4, -0.2) is 107 Å². The molecule has 0 radical (unpaired) electrons. The number of methoxy groups -OCH3 is 1. The Labute approximate surface area is 396 Å². The first-order valence-electron chi connectivity index (χ1n) is 27.0. The first-order valence-corrected chi connectivity index (χ1v) is 27.0. The molecule has 1 fully saturated rings. The van der Waals surface area contributed by atoms with Crippen molar-refractivity contribution >= 4 is 24.7 Å². The zero-order chi connectivity index (χ0) is 47.4. The minimum Gasteiger partial charge on any atom is -0.468 e. The van der Waals surface area contributed by atoms with Crippen molar-refractivity contribution in [2.45, 2.75) is 264 Å².